The van der Waals surface area contributed by atoms with E-state index >= 15 is 0 Å². The Hall–Kier alpha value is -3.56. The average Bonchev–Trinajstić information content (AvgIpc) is 3.43. The molecule has 162 valence electrons. The van der Waals surface area contributed by atoms with Crippen molar-refractivity contribution in [2.24, 2.45) is 0 Å². The Morgan fingerprint density at radius 3 is 2.71 bits per heavy atom. The van der Waals surface area contributed by atoms with Crippen molar-refractivity contribution in [2.45, 2.75) is 46.7 Å². The Balaban J connectivity index is 1.70. The summed E-state index contributed by atoms with van der Waals surface area (Å²) in [5.74, 6) is 0.582. The third-order valence-electron chi connectivity index (χ3n) is 4.81. The molecular weight excluding hydrogens is 406 g/mol. The number of alkyl halides is 2. The highest BCUT2D eigenvalue weighted by Gasteiger charge is 2.23. The number of carbonyl (C=O) groups is 1. The van der Waals surface area contributed by atoms with Crippen LogP contribution in [0.3, 0.4) is 0 Å². The average molecular weight is 428 g/mol. The summed E-state index contributed by atoms with van der Waals surface area (Å²) >= 11 is 0. The first-order valence-electron chi connectivity index (χ1n) is 9.91. The molecule has 8 nitrogen and oxygen atoms in total. The molecule has 0 aliphatic carbocycles. The van der Waals surface area contributed by atoms with Gasteiger partial charge in [-0.05, 0) is 38.5 Å². The zero-order valence-corrected chi connectivity index (χ0v) is 17.4. The fraction of sp³-hybridized carbons (Fsp3) is 0.333. The lowest BCUT2D eigenvalue weighted by molar-refractivity contribution is -0.116. The van der Waals surface area contributed by atoms with Crippen LogP contribution < -0.4 is 5.32 Å². The van der Waals surface area contributed by atoms with E-state index in [1.54, 1.807) is 29.8 Å². The van der Waals surface area contributed by atoms with Crippen LogP contribution in [-0.4, -0.2) is 30.5 Å². The number of hydrogen-bond donors (Lipinski definition) is 1. The second-order valence-electron chi connectivity index (χ2n) is 7.26. The van der Waals surface area contributed by atoms with E-state index in [0.717, 1.165) is 12.1 Å². The van der Waals surface area contributed by atoms with Crippen LogP contribution in [0.4, 0.5) is 14.6 Å². The van der Waals surface area contributed by atoms with Crippen LogP contribution in [0.15, 0.2) is 34.9 Å². The molecule has 4 aromatic rings. The van der Waals surface area contributed by atoms with Gasteiger partial charge < -0.3 is 9.73 Å². The SMILES string of the molecule is CCCn1nc(C)cc1NC(=O)Cn1nc(C)c2c(C(F)F)cc(-c3ccco3)nc21. The highest BCUT2D eigenvalue weighted by atomic mass is 19.3. The Morgan fingerprint density at radius 2 is 2.03 bits per heavy atom. The van der Waals surface area contributed by atoms with E-state index in [-0.39, 0.29) is 34.7 Å². The zero-order chi connectivity index (χ0) is 22.1. The number of aryl methyl sites for hydroxylation is 3. The van der Waals surface area contributed by atoms with Crippen molar-refractivity contribution in [3.8, 4) is 11.5 Å². The van der Waals surface area contributed by atoms with Gasteiger partial charge in [0.2, 0.25) is 5.91 Å². The number of fused-ring (bicyclic) bond motifs is 1. The number of carbonyl (C=O) groups excluding carboxylic acids is 1. The number of amides is 1. The molecule has 1 amide bonds. The number of pyridine rings is 1. The number of hydrogen-bond acceptors (Lipinski definition) is 5. The van der Waals surface area contributed by atoms with Crippen molar-refractivity contribution in [1.29, 1.82) is 0 Å². The summed E-state index contributed by atoms with van der Waals surface area (Å²) < 4.78 is 36.0. The van der Waals surface area contributed by atoms with E-state index in [0.29, 0.717) is 23.8 Å². The van der Waals surface area contributed by atoms with Gasteiger partial charge >= 0.3 is 0 Å². The van der Waals surface area contributed by atoms with Gasteiger partial charge in [0.25, 0.3) is 6.43 Å². The third kappa shape index (κ3) is 4.05. The summed E-state index contributed by atoms with van der Waals surface area (Å²) in [5, 5.41) is 11.7. The van der Waals surface area contributed by atoms with E-state index in [9.17, 15) is 13.6 Å². The van der Waals surface area contributed by atoms with Crippen LogP contribution in [0.25, 0.3) is 22.5 Å². The molecule has 4 heterocycles. The van der Waals surface area contributed by atoms with Gasteiger partial charge in [-0.25, -0.2) is 23.1 Å². The minimum Gasteiger partial charge on any atom is -0.463 e. The van der Waals surface area contributed by atoms with Crippen molar-refractivity contribution in [3.63, 3.8) is 0 Å². The first kappa shape index (κ1) is 20.7. The lowest BCUT2D eigenvalue weighted by Gasteiger charge is -2.09. The third-order valence-corrected chi connectivity index (χ3v) is 4.81. The number of nitrogens with zero attached hydrogens (tertiary/aromatic N) is 5. The Bertz CT molecular complexity index is 1230. The van der Waals surface area contributed by atoms with E-state index in [1.807, 2.05) is 13.8 Å². The summed E-state index contributed by atoms with van der Waals surface area (Å²) in [4.78, 5) is 17.2. The summed E-state index contributed by atoms with van der Waals surface area (Å²) in [6.07, 6.45) is -0.417. The fourth-order valence-electron chi connectivity index (χ4n) is 3.57. The van der Waals surface area contributed by atoms with Crippen molar-refractivity contribution >= 4 is 22.8 Å². The summed E-state index contributed by atoms with van der Waals surface area (Å²) in [5.41, 5.74) is 1.43. The van der Waals surface area contributed by atoms with E-state index in [1.165, 1.54) is 17.0 Å². The molecule has 0 bridgehead atoms. The maximum absolute atomic E-state index is 13.8. The molecule has 0 unspecified atom stereocenters. The molecule has 0 aromatic carbocycles. The maximum Gasteiger partial charge on any atom is 0.264 e. The number of rotatable bonds is 7. The highest BCUT2D eigenvalue weighted by molar-refractivity contribution is 5.91. The molecule has 0 atom stereocenters. The Labute approximate surface area is 176 Å². The standard InChI is InChI=1S/C21H22F2N6O2/c1-4-7-28-17(9-12(2)26-28)25-18(30)11-29-21-19(13(3)27-29)14(20(22)23)10-15(24-21)16-6-5-8-31-16/h5-6,8-10,20H,4,7,11H2,1-3H3,(H,25,30). The van der Waals surface area contributed by atoms with Crippen molar-refractivity contribution in [3.05, 3.63) is 47.5 Å². The minimum absolute atomic E-state index is 0.183. The first-order chi connectivity index (χ1) is 14.9. The molecule has 0 radical (unpaired) electrons. The molecule has 0 aliphatic rings. The lowest BCUT2D eigenvalue weighted by Crippen LogP contribution is -2.21. The second-order valence-corrected chi connectivity index (χ2v) is 7.26. The van der Waals surface area contributed by atoms with Gasteiger partial charge in [-0.1, -0.05) is 6.92 Å². The summed E-state index contributed by atoms with van der Waals surface area (Å²) in [6, 6.07) is 6.38. The number of halogens is 2. The first-order valence-corrected chi connectivity index (χ1v) is 9.91. The van der Waals surface area contributed by atoms with Crippen molar-refractivity contribution in [1.82, 2.24) is 24.5 Å². The van der Waals surface area contributed by atoms with Crippen molar-refractivity contribution in [2.75, 3.05) is 5.32 Å². The fourth-order valence-corrected chi connectivity index (χ4v) is 3.57. The monoisotopic (exact) mass is 428 g/mol. The Kier molecular flexibility index (Phi) is 5.53. The molecule has 4 aromatic heterocycles. The van der Waals surface area contributed by atoms with Gasteiger partial charge in [-0.3, -0.25) is 4.79 Å². The number of aromatic nitrogens is 5. The van der Waals surface area contributed by atoms with Crippen LogP contribution in [0.2, 0.25) is 0 Å². The minimum atomic E-state index is -2.73. The molecule has 31 heavy (non-hydrogen) atoms. The van der Waals surface area contributed by atoms with E-state index in [2.05, 4.69) is 20.5 Å². The zero-order valence-electron chi connectivity index (χ0n) is 17.4. The number of nitrogens with one attached hydrogen (secondary N) is 1. The van der Waals surface area contributed by atoms with Gasteiger partial charge in [0.1, 0.15) is 18.1 Å². The van der Waals surface area contributed by atoms with Gasteiger partial charge in [0.05, 0.1) is 23.0 Å². The van der Waals surface area contributed by atoms with Crippen LogP contribution >= 0.6 is 0 Å². The largest absolute Gasteiger partial charge is 0.463 e. The molecule has 0 saturated carbocycles. The topological polar surface area (TPSA) is 90.8 Å². The second kappa shape index (κ2) is 8.29. The molecule has 0 aliphatic heterocycles. The lowest BCUT2D eigenvalue weighted by atomic mass is 10.1. The van der Waals surface area contributed by atoms with Crippen molar-refractivity contribution < 1.29 is 18.0 Å². The molecule has 0 spiro atoms. The van der Waals surface area contributed by atoms with E-state index in [4.69, 9.17) is 4.42 Å². The van der Waals surface area contributed by atoms with Crippen LogP contribution in [-0.2, 0) is 17.9 Å². The predicted octanol–water partition coefficient (Wildman–Crippen LogP) is 4.49. The summed E-state index contributed by atoms with van der Waals surface area (Å²) in [7, 11) is 0. The predicted molar refractivity (Wildman–Crippen MR) is 111 cm³/mol. The number of anilines is 1. The van der Waals surface area contributed by atoms with E-state index < -0.39 is 6.43 Å². The van der Waals surface area contributed by atoms with Gasteiger partial charge in [0, 0.05) is 18.2 Å². The molecule has 4 rings (SSSR count). The molecule has 10 heteroatoms. The van der Waals surface area contributed by atoms with Crippen LogP contribution in [0.5, 0.6) is 0 Å². The summed E-state index contributed by atoms with van der Waals surface area (Å²) in [6.45, 7) is 5.97. The number of furan rings is 1. The molecular formula is C21H22F2N6O2. The molecule has 0 fully saturated rings. The van der Waals surface area contributed by atoms with Crippen LogP contribution in [0, 0.1) is 13.8 Å². The van der Waals surface area contributed by atoms with Crippen LogP contribution in [0.1, 0.15) is 36.7 Å². The van der Waals surface area contributed by atoms with Gasteiger partial charge in [-0.2, -0.15) is 10.2 Å². The van der Waals surface area contributed by atoms with Gasteiger partial charge in [0.15, 0.2) is 11.4 Å². The maximum atomic E-state index is 13.8. The Morgan fingerprint density at radius 1 is 1.23 bits per heavy atom. The smallest absolute Gasteiger partial charge is 0.264 e. The van der Waals surface area contributed by atoms with Gasteiger partial charge in [-0.15, -0.1) is 0 Å². The molecule has 0 saturated heterocycles. The highest BCUT2D eigenvalue weighted by Crippen LogP contribution is 2.33. The quantitative estimate of drug-likeness (QED) is 0.468. The molecule has 1 N–H and O–H groups in total. The normalized spacial score (nSPS) is 11.5.